The zero-order valence-electron chi connectivity index (χ0n) is 16.3. The highest BCUT2D eigenvalue weighted by atomic mass is 16.5. The van der Waals surface area contributed by atoms with Crippen molar-refractivity contribution in [1.29, 1.82) is 0 Å². The molecule has 1 amide bonds. The molecule has 2 aromatic carbocycles. The number of carbonyl (C=O) groups is 1. The molecule has 0 unspecified atom stereocenters. The fraction of sp³-hybridized carbons (Fsp3) is 0.227. The van der Waals surface area contributed by atoms with Crippen molar-refractivity contribution in [2.45, 2.75) is 26.7 Å². The second kappa shape index (κ2) is 8.99. The van der Waals surface area contributed by atoms with Crippen LogP contribution in [-0.2, 0) is 0 Å². The Bertz CT molecular complexity index is 939. The number of rotatable bonds is 7. The van der Waals surface area contributed by atoms with Gasteiger partial charge in [-0.3, -0.25) is 4.79 Å². The van der Waals surface area contributed by atoms with Crippen molar-refractivity contribution in [3.63, 3.8) is 0 Å². The maximum absolute atomic E-state index is 12.6. The minimum atomic E-state index is -0.291. The molecule has 0 fully saturated rings. The van der Waals surface area contributed by atoms with Crippen molar-refractivity contribution in [2.75, 3.05) is 17.2 Å². The Morgan fingerprint density at radius 2 is 1.82 bits per heavy atom. The molecular formula is C22H24N4O2. The number of benzene rings is 2. The normalized spacial score (nSPS) is 10.6. The average molecular weight is 376 g/mol. The first-order valence-electron chi connectivity index (χ1n) is 9.29. The van der Waals surface area contributed by atoms with E-state index in [9.17, 15) is 4.79 Å². The highest BCUT2D eigenvalue weighted by Gasteiger charge is 2.11. The summed E-state index contributed by atoms with van der Waals surface area (Å²) in [4.78, 5) is 20.8. The molecule has 2 N–H and O–H groups in total. The summed E-state index contributed by atoms with van der Waals surface area (Å²) in [6.07, 6.45) is 1.36. The summed E-state index contributed by atoms with van der Waals surface area (Å²) in [5, 5.41) is 6.05. The molecule has 0 saturated carbocycles. The topological polar surface area (TPSA) is 76.1 Å². The Morgan fingerprint density at radius 3 is 2.54 bits per heavy atom. The molecule has 6 nitrogen and oxygen atoms in total. The van der Waals surface area contributed by atoms with E-state index in [1.54, 1.807) is 6.07 Å². The van der Waals surface area contributed by atoms with Crippen LogP contribution >= 0.6 is 0 Å². The minimum Gasteiger partial charge on any atom is -0.492 e. The molecule has 0 aliphatic rings. The molecule has 28 heavy (non-hydrogen) atoms. The first-order chi connectivity index (χ1) is 13.6. The van der Waals surface area contributed by atoms with Crippen molar-refractivity contribution >= 4 is 23.1 Å². The summed E-state index contributed by atoms with van der Waals surface area (Å²) in [5.74, 6) is 1.39. The number of hydrogen-bond acceptors (Lipinski definition) is 5. The standard InChI is InChI=1S/C22H24N4O2/c1-4-28-20-8-6-5-7-18(20)26-21-13-19(23-14-24-21)22(27)25-17-11-9-16(10-12-17)15(2)3/h5-15H,4H2,1-3H3,(H,25,27)(H,23,24,26). The largest absolute Gasteiger partial charge is 0.492 e. The highest BCUT2D eigenvalue weighted by molar-refractivity contribution is 6.03. The number of ether oxygens (including phenoxy) is 1. The van der Waals surface area contributed by atoms with Crippen LogP contribution in [0.2, 0.25) is 0 Å². The van der Waals surface area contributed by atoms with Gasteiger partial charge in [0.1, 0.15) is 23.6 Å². The van der Waals surface area contributed by atoms with Crippen LogP contribution in [0.15, 0.2) is 60.9 Å². The first kappa shape index (κ1) is 19.4. The van der Waals surface area contributed by atoms with Crippen LogP contribution in [0.3, 0.4) is 0 Å². The van der Waals surface area contributed by atoms with E-state index >= 15 is 0 Å². The van der Waals surface area contributed by atoms with E-state index in [1.165, 1.54) is 11.9 Å². The summed E-state index contributed by atoms with van der Waals surface area (Å²) in [5.41, 5.74) is 3.00. The average Bonchev–Trinajstić information content (AvgIpc) is 2.70. The quantitative estimate of drug-likeness (QED) is 0.607. The van der Waals surface area contributed by atoms with Gasteiger partial charge >= 0.3 is 0 Å². The van der Waals surface area contributed by atoms with Crippen molar-refractivity contribution in [3.8, 4) is 5.75 Å². The number of carbonyl (C=O) groups excluding carboxylic acids is 1. The SMILES string of the molecule is CCOc1ccccc1Nc1cc(C(=O)Nc2ccc(C(C)C)cc2)ncn1. The lowest BCUT2D eigenvalue weighted by atomic mass is 10.0. The number of aromatic nitrogens is 2. The molecule has 0 spiro atoms. The van der Waals surface area contributed by atoms with E-state index in [0.717, 1.165) is 17.1 Å². The van der Waals surface area contributed by atoms with Crippen LogP contribution in [0.5, 0.6) is 5.75 Å². The molecule has 0 aliphatic heterocycles. The molecular weight excluding hydrogens is 352 g/mol. The summed E-state index contributed by atoms with van der Waals surface area (Å²) in [7, 11) is 0. The number of nitrogens with one attached hydrogen (secondary N) is 2. The summed E-state index contributed by atoms with van der Waals surface area (Å²) in [6, 6.07) is 17.0. The van der Waals surface area contributed by atoms with Crippen molar-refractivity contribution in [3.05, 3.63) is 72.2 Å². The number of hydrogen-bond donors (Lipinski definition) is 2. The summed E-state index contributed by atoms with van der Waals surface area (Å²) >= 11 is 0. The zero-order valence-corrected chi connectivity index (χ0v) is 16.3. The Kier molecular flexibility index (Phi) is 6.22. The number of nitrogens with zero attached hydrogens (tertiary/aromatic N) is 2. The van der Waals surface area contributed by atoms with Gasteiger partial charge in [0.15, 0.2) is 0 Å². The first-order valence-corrected chi connectivity index (χ1v) is 9.29. The van der Waals surface area contributed by atoms with E-state index in [1.807, 2.05) is 55.5 Å². The van der Waals surface area contributed by atoms with E-state index in [0.29, 0.717) is 18.3 Å². The number of anilines is 3. The second-order valence-corrected chi connectivity index (χ2v) is 6.57. The Balaban J connectivity index is 1.73. The van der Waals surface area contributed by atoms with Gasteiger partial charge in [0.2, 0.25) is 0 Å². The van der Waals surface area contributed by atoms with Gasteiger partial charge in [-0.15, -0.1) is 0 Å². The van der Waals surface area contributed by atoms with E-state index in [4.69, 9.17) is 4.74 Å². The minimum absolute atomic E-state index is 0.277. The van der Waals surface area contributed by atoms with Crippen LogP contribution in [0.25, 0.3) is 0 Å². The molecule has 6 heteroatoms. The predicted octanol–water partition coefficient (Wildman–Crippen LogP) is 4.99. The van der Waals surface area contributed by atoms with E-state index in [2.05, 4.69) is 34.4 Å². The molecule has 0 bridgehead atoms. The lowest BCUT2D eigenvalue weighted by Gasteiger charge is -2.12. The van der Waals surface area contributed by atoms with Crippen LogP contribution in [0, 0.1) is 0 Å². The molecule has 0 atom stereocenters. The molecule has 3 rings (SSSR count). The molecule has 3 aromatic rings. The van der Waals surface area contributed by atoms with Crippen molar-refractivity contribution < 1.29 is 9.53 Å². The third-order valence-electron chi connectivity index (χ3n) is 4.18. The predicted molar refractivity (Wildman–Crippen MR) is 111 cm³/mol. The molecule has 1 heterocycles. The maximum Gasteiger partial charge on any atom is 0.274 e. The van der Waals surface area contributed by atoms with Gasteiger partial charge in [-0.25, -0.2) is 9.97 Å². The third-order valence-corrected chi connectivity index (χ3v) is 4.18. The van der Waals surface area contributed by atoms with Crippen LogP contribution in [-0.4, -0.2) is 22.5 Å². The highest BCUT2D eigenvalue weighted by Crippen LogP contribution is 2.26. The van der Waals surface area contributed by atoms with Crippen molar-refractivity contribution in [1.82, 2.24) is 9.97 Å². The van der Waals surface area contributed by atoms with Gasteiger partial charge in [-0.1, -0.05) is 38.1 Å². The monoisotopic (exact) mass is 376 g/mol. The number of para-hydroxylation sites is 2. The van der Waals surface area contributed by atoms with Gasteiger partial charge in [0.25, 0.3) is 5.91 Å². The van der Waals surface area contributed by atoms with E-state index in [-0.39, 0.29) is 11.6 Å². The maximum atomic E-state index is 12.6. The van der Waals surface area contributed by atoms with Gasteiger partial charge in [0, 0.05) is 11.8 Å². The zero-order chi connectivity index (χ0) is 19.9. The van der Waals surface area contributed by atoms with Crippen LogP contribution < -0.4 is 15.4 Å². The molecule has 0 radical (unpaired) electrons. The molecule has 1 aromatic heterocycles. The van der Waals surface area contributed by atoms with Crippen LogP contribution in [0.1, 0.15) is 42.7 Å². The Hall–Kier alpha value is -3.41. The fourth-order valence-electron chi connectivity index (χ4n) is 2.69. The molecule has 144 valence electrons. The summed E-state index contributed by atoms with van der Waals surface area (Å²) in [6.45, 7) is 6.75. The second-order valence-electron chi connectivity index (χ2n) is 6.57. The van der Waals surface area contributed by atoms with Crippen molar-refractivity contribution in [2.24, 2.45) is 0 Å². The molecule has 0 aliphatic carbocycles. The van der Waals surface area contributed by atoms with Gasteiger partial charge in [0.05, 0.1) is 12.3 Å². The van der Waals surface area contributed by atoms with Gasteiger partial charge in [-0.05, 0) is 42.7 Å². The Morgan fingerprint density at radius 1 is 1.07 bits per heavy atom. The molecule has 0 saturated heterocycles. The van der Waals surface area contributed by atoms with Gasteiger partial charge in [-0.2, -0.15) is 0 Å². The third kappa shape index (κ3) is 4.85. The van der Waals surface area contributed by atoms with Crippen LogP contribution in [0.4, 0.5) is 17.2 Å². The summed E-state index contributed by atoms with van der Waals surface area (Å²) < 4.78 is 5.61. The Labute approximate surface area is 165 Å². The smallest absolute Gasteiger partial charge is 0.274 e. The lowest BCUT2D eigenvalue weighted by molar-refractivity contribution is 0.102. The lowest BCUT2D eigenvalue weighted by Crippen LogP contribution is -2.14. The van der Waals surface area contributed by atoms with Gasteiger partial charge < -0.3 is 15.4 Å². The fourth-order valence-corrected chi connectivity index (χ4v) is 2.69. The number of amides is 1. The van der Waals surface area contributed by atoms with E-state index < -0.39 is 0 Å².